The zero-order valence-corrected chi connectivity index (χ0v) is 13.8. The first-order valence-electron chi connectivity index (χ1n) is 7.68. The molecule has 3 N–H and O–H groups in total. The molecule has 2 amide bonds. The Morgan fingerprint density at radius 2 is 2.36 bits per heavy atom. The average molecular weight is 359 g/mol. The maximum absolute atomic E-state index is 12.2. The number of carboxylic acid groups (broad SMARTS) is 1. The number of H-pyrrole nitrogens is 1. The molecule has 9 heteroatoms. The minimum Gasteiger partial charge on any atom is -0.477 e. The molecule has 1 saturated heterocycles. The monoisotopic (exact) mass is 359 g/mol. The number of thioether (sulfide) groups is 1. The zero-order valence-electron chi connectivity index (χ0n) is 13.0. The summed E-state index contributed by atoms with van der Waals surface area (Å²) in [4.78, 5) is 35.9. The number of hydrogen-bond acceptors (Lipinski definition) is 4. The topological polar surface area (TPSA) is 107 Å². The maximum Gasteiger partial charge on any atom is 0.352 e. The van der Waals surface area contributed by atoms with Gasteiger partial charge in [-0.1, -0.05) is 4.52 Å². The van der Waals surface area contributed by atoms with Gasteiger partial charge in [0.15, 0.2) is 6.20 Å². The molecule has 4 heterocycles. The summed E-state index contributed by atoms with van der Waals surface area (Å²) >= 11 is 1.47. The SMILES string of the molecule is O=CN[C@@H]1C(=O)N2C(C(=O)O)=C(Cc3c[nH][n+]4ccccc34)CS[C@@H]12. The lowest BCUT2D eigenvalue weighted by molar-refractivity contribution is -0.576. The highest BCUT2D eigenvalue weighted by Gasteiger charge is 2.53. The molecule has 0 aromatic carbocycles. The van der Waals surface area contributed by atoms with Crippen LogP contribution in [0.25, 0.3) is 5.52 Å². The molecule has 4 rings (SSSR count). The molecule has 25 heavy (non-hydrogen) atoms. The average Bonchev–Trinajstić information content (AvgIpc) is 3.02. The third-order valence-corrected chi connectivity index (χ3v) is 5.81. The molecular weight excluding hydrogens is 344 g/mol. The highest BCUT2D eigenvalue weighted by molar-refractivity contribution is 8.00. The van der Waals surface area contributed by atoms with Gasteiger partial charge in [0.25, 0.3) is 5.91 Å². The Morgan fingerprint density at radius 1 is 1.52 bits per heavy atom. The molecule has 1 fully saturated rings. The quantitative estimate of drug-likeness (QED) is 0.385. The fourth-order valence-electron chi connectivity index (χ4n) is 3.32. The van der Waals surface area contributed by atoms with Crippen LogP contribution in [0.1, 0.15) is 5.56 Å². The van der Waals surface area contributed by atoms with Gasteiger partial charge in [-0.2, -0.15) is 5.10 Å². The number of amides is 2. The summed E-state index contributed by atoms with van der Waals surface area (Å²) in [6.07, 6.45) is 4.64. The van der Waals surface area contributed by atoms with E-state index in [1.807, 2.05) is 35.1 Å². The zero-order chi connectivity index (χ0) is 17.6. The Hall–Kier alpha value is -2.81. The lowest BCUT2D eigenvalue weighted by Gasteiger charge is -2.49. The predicted octanol–water partition coefficient (Wildman–Crippen LogP) is -0.336. The van der Waals surface area contributed by atoms with Crippen molar-refractivity contribution >= 4 is 35.6 Å². The first-order chi connectivity index (χ1) is 12.1. The number of carboxylic acids is 1. The van der Waals surface area contributed by atoms with Gasteiger partial charge in [0, 0.05) is 24.3 Å². The number of β-lactam (4-membered cyclic amide) rings is 1. The van der Waals surface area contributed by atoms with E-state index in [0.29, 0.717) is 24.2 Å². The van der Waals surface area contributed by atoms with Gasteiger partial charge >= 0.3 is 5.97 Å². The molecule has 2 aliphatic heterocycles. The molecule has 0 aliphatic carbocycles. The van der Waals surface area contributed by atoms with Gasteiger partial charge < -0.3 is 10.4 Å². The fourth-order valence-corrected chi connectivity index (χ4v) is 4.68. The van der Waals surface area contributed by atoms with Gasteiger partial charge in [-0.05, 0) is 11.6 Å². The molecule has 0 radical (unpaired) electrons. The van der Waals surface area contributed by atoms with Gasteiger partial charge in [0.05, 0.1) is 11.8 Å². The van der Waals surface area contributed by atoms with E-state index in [4.69, 9.17) is 0 Å². The molecule has 0 unspecified atom stereocenters. The Balaban J connectivity index is 1.69. The number of hydrogen-bond donors (Lipinski definition) is 3. The van der Waals surface area contributed by atoms with Crippen molar-refractivity contribution in [3.8, 4) is 0 Å². The van der Waals surface area contributed by atoms with Crippen LogP contribution in [0.4, 0.5) is 0 Å². The molecule has 0 saturated carbocycles. The summed E-state index contributed by atoms with van der Waals surface area (Å²) in [7, 11) is 0. The minimum absolute atomic E-state index is 0.0352. The van der Waals surface area contributed by atoms with E-state index in [9.17, 15) is 19.5 Å². The van der Waals surface area contributed by atoms with E-state index in [1.54, 1.807) is 0 Å². The van der Waals surface area contributed by atoms with Crippen LogP contribution in [0.5, 0.6) is 0 Å². The number of pyridine rings is 1. The van der Waals surface area contributed by atoms with E-state index < -0.39 is 12.0 Å². The van der Waals surface area contributed by atoms with Crippen LogP contribution in [0.15, 0.2) is 41.9 Å². The maximum atomic E-state index is 12.2. The van der Waals surface area contributed by atoms with Crippen molar-refractivity contribution < 1.29 is 24.0 Å². The number of fused-ring (bicyclic) bond motifs is 2. The smallest absolute Gasteiger partial charge is 0.352 e. The third kappa shape index (κ3) is 2.39. The van der Waals surface area contributed by atoms with Gasteiger partial charge in [0.1, 0.15) is 17.1 Å². The standard InChI is InChI=1S/C16H14N4O4S/c21-8-17-12-14(22)20-13(16(23)24)10(7-25-15(12)20)5-9-6-18-19-4-2-1-3-11(9)19/h1-4,6,8,12,15H,5,7H2,(H2,17,21,23,24)/p+1/t12-,15+/m1/s1. The van der Waals surface area contributed by atoms with Crippen LogP contribution in [-0.4, -0.2) is 50.6 Å². The molecule has 2 aromatic heterocycles. The molecular formula is C16H15N4O4S+. The van der Waals surface area contributed by atoms with Crippen LogP contribution in [0.3, 0.4) is 0 Å². The van der Waals surface area contributed by atoms with E-state index in [-0.39, 0.29) is 17.0 Å². The number of nitrogens with zero attached hydrogens (tertiary/aromatic N) is 2. The second-order valence-electron chi connectivity index (χ2n) is 5.86. The third-order valence-electron chi connectivity index (χ3n) is 4.47. The number of carbonyl (C=O) groups is 3. The Kier molecular flexibility index (Phi) is 3.72. The van der Waals surface area contributed by atoms with Crippen molar-refractivity contribution in [2.75, 3.05) is 5.75 Å². The summed E-state index contributed by atoms with van der Waals surface area (Å²) in [6.45, 7) is 0. The van der Waals surface area contributed by atoms with E-state index in [1.165, 1.54) is 16.7 Å². The number of aromatic nitrogens is 2. The van der Waals surface area contributed by atoms with Crippen LogP contribution < -0.4 is 9.83 Å². The Labute approximate surface area is 146 Å². The lowest BCUT2D eigenvalue weighted by atomic mass is 9.99. The second kappa shape index (κ2) is 5.92. The second-order valence-corrected chi connectivity index (χ2v) is 6.97. The molecule has 2 atom stereocenters. The molecule has 0 spiro atoms. The van der Waals surface area contributed by atoms with Crippen LogP contribution in [0.2, 0.25) is 0 Å². The van der Waals surface area contributed by atoms with E-state index in [0.717, 1.165) is 11.1 Å². The Bertz CT molecular complexity index is 922. The summed E-state index contributed by atoms with van der Waals surface area (Å²) in [5.41, 5.74) is 2.65. The van der Waals surface area contributed by atoms with Crippen LogP contribution >= 0.6 is 11.8 Å². The molecule has 8 nitrogen and oxygen atoms in total. The largest absolute Gasteiger partial charge is 0.477 e. The van der Waals surface area contributed by atoms with Crippen LogP contribution in [-0.2, 0) is 20.8 Å². The van der Waals surface area contributed by atoms with Gasteiger partial charge in [-0.3, -0.25) is 14.5 Å². The van der Waals surface area contributed by atoms with Crippen LogP contribution in [0, 0.1) is 0 Å². The minimum atomic E-state index is -1.12. The number of nitrogens with one attached hydrogen (secondary N) is 2. The number of rotatable bonds is 5. The summed E-state index contributed by atoms with van der Waals surface area (Å²) in [5.74, 6) is -1.00. The first-order valence-corrected chi connectivity index (χ1v) is 8.73. The molecule has 0 bridgehead atoms. The van der Waals surface area contributed by atoms with Gasteiger partial charge in [-0.15, -0.1) is 11.8 Å². The highest BCUT2D eigenvalue weighted by Crippen LogP contribution is 2.41. The highest BCUT2D eigenvalue weighted by atomic mass is 32.2. The van der Waals surface area contributed by atoms with Crippen molar-refractivity contribution in [2.45, 2.75) is 17.8 Å². The summed E-state index contributed by atoms with van der Waals surface area (Å²) < 4.78 is 1.86. The van der Waals surface area contributed by atoms with Crippen molar-refractivity contribution in [1.29, 1.82) is 0 Å². The fraction of sp³-hybridized carbons (Fsp3) is 0.250. The van der Waals surface area contributed by atoms with Crippen molar-refractivity contribution in [1.82, 2.24) is 15.3 Å². The van der Waals surface area contributed by atoms with Crippen molar-refractivity contribution in [3.05, 3.63) is 47.4 Å². The summed E-state index contributed by atoms with van der Waals surface area (Å²) in [6, 6.07) is 5.11. The number of carbonyl (C=O) groups excluding carboxylic acids is 2. The molecule has 128 valence electrons. The number of aliphatic carboxylic acids is 1. The van der Waals surface area contributed by atoms with Crippen molar-refractivity contribution in [2.24, 2.45) is 0 Å². The van der Waals surface area contributed by atoms with E-state index >= 15 is 0 Å². The molecule has 2 aliphatic rings. The molecule has 2 aromatic rings. The summed E-state index contributed by atoms with van der Waals surface area (Å²) in [5, 5.41) is 14.8. The predicted molar refractivity (Wildman–Crippen MR) is 88.4 cm³/mol. The van der Waals surface area contributed by atoms with E-state index in [2.05, 4.69) is 10.4 Å². The van der Waals surface area contributed by atoms with Gasteiger partial charge in [0.2, 0.25) is 11.9 Å². The van der Waals surface area contributed by atoms with Gasteiger partial charge in [-0.25, -0.2) is 4.79 Å². The lowest BCUT2D eigenvalue weighted by Crippen LogP contribution is -2.69. The normalized spacial score (nSPS) is 22.6. The first kappa shape index (κ1) is 15.7. The van der Waals surface area contributed by atoms with Crippen molar-refractivity contribution in [3.63, 3.8) is 0 Å². The number of aromatic amines is 1. The Morgan fingerprint density at radius 3 is 3.12 bits per heavy atom.